The first-order valence-corrected chi connectivity index (χ1v) is 9.33. The normalized spacial score (nSPS) is 52.4. The summed E-state index contributed by atoms with van der Waals surface area (Å²) in [6.45, 7) is 4.72. The summed E-state index contributed by atoms with van der Waals surface area (Å²) in [6, 6.07) is 0. The molecule has 0 aromatic rings. The van der Waals surface area contributed by atoms with Gasteiger partial charge in [-0.2, -0.15) is 0 Å². The van der Waals surface area contributed by atoms with E-state index in [1.807, 2.05) is 0 Å². The van der Waals surface area contributed by atoms with Crippen molar-refractivity contribution in [3.05, 3.63) is 11.6 Å². The summed E-state index contributed by atoms with van der Waals surface area (Å²) in [4.78, 5) is 12.5. The molecule has 7 atom stereocenters. The third-order valence-corrected chi connectivity index (χ3v) is 8.06. The lowest BCUT2D eigenvalue weighted by molar-refractivity contribution is -0.132. The second-order valence-electron chi connectivity index (χ2n) is 8.99. The Labute approximate surface area is 139 Å². The molecule has 3 saturated carbocycles. The highest BCUT2D eigenvalue weighted by atomic mass is 16.5. The van der Waals surface area contributed by atoms with Crippen LogP contribution in [0.4, 0.5) is 0 Å². The number of rotatable bonds is 1. The Morgan fingerprint density at radius 3 is 2.70 bits per heavy atom. The molecule has 128 valence electrons. The lowest BCUT2D eigenvalue weighted by Crippen LogP contribution is -2.51. The van der Waals surface area contributed by atoms with Crippen LogP contribution in [-0.2, 0) is 9.53 Å². The minimum atomic E-state index is -0.195. The molecule has 3 fully saturated rings. The summed E-state index contributed by atoms with van der Waals surface area (Å²) in [5.74, 6) is 2.08. The van der Waals surface area contributed by atoms with Gasteiger partial charge in [-0.05, 0) is 61.7 Å². The van der Waals surface area contributed by atoms with Crippen molar-refractivity contribution in [2.24, 2.45) is 28.6 Å². The van der Waals surface area contributed by atoms with Crippen molar-refractivity contribution < 1.29 is 14.6 Å². The van der Waals surface area contributed by atoms with E-state index < -0.39 is 0 Å². The van der Waals surface area contributed by atoms with Gasteiger partial charge in [-0.15, -0.1) is 0 Å². The van der Waals surface area contributed by atoms with E-state index in [4.69, 9.17) is 4.74 Å². The first kappa shape index (κ1) is 15.8. The van der Waals surface area contributed by atoms with Gasteiger partial charge < -0.3 is 9.84 Å². The van der Waals surface area contributed by atoms with Crippen molar-refractivity contribution in [3.8, 4) is 0 Å². The quantitative estimate of drug-likeness (QED) is 0.753. The molecule has 0 aromatic carbocycles. The van der Waals surface area contributed by atoms with Gasteiger partial charge in [-0.3, -0.25) is 4.79 Å². The summed E-state index contributed by atoms with van der Waals surface area (Å²) in [6.07, 6.45) is 9.07. The van der Waals surface area contributed by atoms with E-state index in [0.29, 0.717) is 30.0 Å². The molecule has 0 spiro atoms. The van der Waals surface area contributed by atoms with Crippen LogP contribution < -0.4 is 0 Å². The molecule has 0 heterocycles. The molecule has 23 heavy (non-hydrogen) atoms. The van der Waals surface area contributed by atoms with Crippen LogP contribution in [0.15, 0.2) is 11.6 Å². The van der Waals surface area contributed by atoms with Crippen LogP contribution in [-0.4, -0.2) is 30.2 Å². The van der Waals surface area contributed by atoms with Gasteiger partial charge in [0.05, 0.1) is 6.10 Å². The van der Waals surface area contributed by atoms with Gasteiger partial charge in [0.15, 0.2) is 5.78 Å². The number of hydrogen-bond donors (Lipinski definition) is 1. The molecule has 0 aliphatic heterocycles. The summed E-state index contributed by atoms with van der Waals surface area (Å²) >= 11 is 0. The fourth-order valence-corrected chi connectivity index (χ4v) is 6.79. The van der Waals surface area contributed by atoms with Gasteiger partial charge in [-0.25, -0.2) is 0 Å². The number of methoxy groups -OCH3 is 1. The Morgan fingerprint density at radius 2 is 1.96 bits per heavy atom. The molecular weight excluding hydrogens is 288 g/mol. The van der Waals surface area contributed by atoms with Crippen LogP contribution in [0.2, 0.25) is 0 Å². The highest BCUT2D eigenvalue weighted by Crippen LogP contribution is 2.64. The fraction of sp³-hybridized carbons (Fsp3) is 0.850. The van der Waals surface area contributed by atoms with Crippen LogP contribution in [0.3, 0.4) is 0 Å². The number of carbonyl (C=O) groups is 1. The van der Waals surface area contributed by atoms with Gasteiger partial charge in [0, 0.05) is 18.9 Å². The third-order valence-electron chi connectivity index (χ3n) is 8.06. The van der Waals surface area contributed by atoms with E-state index >= 15 is 0 Å². The van der Waals surface area contributed by atoms with E-state index in [-0.39, 0.29) is 23.0 Å². The first-order valence-electron chi connectivity index (χ1n) is 9.33. The molecular formula is C20H30O3. The molecule has 4 rings (SSSR count). The molecule has 0 unspecified atom stereocenters. The largest absolute Gasteiger partial charge is 0.393 e. The van der Waals surface area contributed by atoms with Gasteiger partial charge in [0.2, 0.25) is 0 Å². The Hall–Kier alpha value is -0.670. The van der Waals surface area contributed by atoms with Crippen molar-refractivity contribution in [2.45, 2.75) is 71.0 Å². The molecule has 1 N–H and O–H groups in total. The zero-order chi connectivity index (χ0) is 16.4. The van der Waals surface area contributed by atoms with Crippen molar-refractivity contribution in [1.29, 1.82) is 0 Å². The lowest BCUT2D eigenvalue weighted by atomic mass is 9.48. The molecule has 4 aliphatic carbocycles. The maximum absolute atomic E-state index is 12.5. The molecule has 0 saturated heterocycles. The van der Waals surface area contributed by atoms with E-state index in [1.165, 1.54) is 12.0 Å². The minimum absolute atomic E-state index is 0.0306. The van der Waals surface area contributed by atoms with Crippen LogP contribution in [0, 0.1) is 28.6 Å². The summed E-state index contributed by atoms with van der Waals surface area (Å²) < 4.78 is 5.62. The Kier molecular flexibility index (Phi) is 3.55. The van der Waals surface area contributed by atoms with Crippen molar-refractivity contribution in [1.82, 2.24) is 0 Å². The Morgan fingerprint density at radius 1 is 1.17 bits per heavy atom. The highest BCUT2D eigenvalue weighted by molar-refractivity contribution is 5.87. The van der Waals surface area contributed by atoms with E-state index in [1.54, 1.807) is 7.11 Å². The van der Waals surface area contributed by atoms with Gasteiger partial charge in [0.1, 0.15) is 6.10 Å². The van der Waals surface area contributed by atoms with Gasteiger partial charge in [0.25, 0.3) is 0 Å². The average molecular weight is 318 g/mol. The topological polar surface area (TPSA) is 46.5 Å². The second kappa shape index (κ2) is 5.16. The molecule has 0 aromatic heterocycles. The second-order valence-corrected chi connectivity index (χ2v) is 8.99. The fourth-order valence-electron chi connectivity index (χ4n) is 6.79. The number of allylic oxidation sites excluding steroid dienone is 1. The maximum Gasteiger partial charge on any atom is 0.162 e. The van der Waals surface area contributed by atoms with Crippen molar-refractivity contribution in [2.75, 3.05) is 7.11 Å². The molecule has 0 radical (unpaired) electrons. The molecule has 4 aliphatic rings. The number of ketones is 1. The standard InChI is InChI=1S/C20H30O3/c1-19-8-6-13(21)10-12(19)4-5-14-15(19)7-9-20(2)16(14)11-17(22)18(20)23-3/h4,13-16,18,21H,5-11H2,1-3H3/t13-,14+,15-,16-,18-,19-,20-/m0/s1. The van der Waals surface area contributed by atoms with Gasteiger partial charge >= 0.3 is 0 Å². The van der Waals surface area contributed by atoms with Crippen molar-refractivity contribution >= 4 is 5.78 Å². The lowest BCUT2D eigenvalue weighted by Gasteiger charge is -2.57. The summed E-state index contributed by atoms with van der Waals surface area (Å²) in [5, 5.41) is 10.0. The van der Waals surface area contributed by atoms with E-state index in [2.05, 4.69) is 19.9 Å². The molecule has 0 bridgehead atoms. The summed E-state index contributed by atoms with van der Waals surface area (Å²) in [7, 11) is 1.70. The smallest absolute Gasteiger partial charge is 0.162 e. The molecule has 3 nitrogen and oxygen atoms in total. The van der Waals surface area contributed by atoms with E-state index in [9.17, 15) is 9.90 Å². The van der Waals surface area contributed by atoms with Crippen LogP contribution in [0.25, 0.3) is 0 Å². The number of carbonyl (C=O) groups excluding carboxylic acids is 1. The summed E-state index contributed by atoms with van der Waals surface area (Å²) in [5.41, 5.74) is 1.77. The zero-order valence-corrected chi connectivity index (χ0v) is 14.7. The predicted octanol–water partition coefficient (Wildman–Crippen LogP) is 3.50. The van der Waals surface area contributed by atoms with Crippen LogP contribution >= 0.6 is 0 Å². The minimum Gasteiger partial charge on any atom is -0.393 e. The number of aliphatic hydroxyl groups excluding tert-OH is 1. The van der Waals surface area contributed by atoms with Crippen LogP contribution in [0.5, 0.6) is 0 Å². The van der Waals surface area contributed by atoms with Crippen molar-refractivity contribution in [3.63, 3.8) is 0 Å². The number of ether oxygens (including phenoxy) is 1. The first-order chi connectivity index (χ1) is 10.9. The maximum atomic E-state index is 12.5. The van der Waals surface area contributed by atoms with Crippen LogP contribution in [0.1, 0.15) is 58.8 Å². The monoisotopic (exact) mass is 318 g/mol. The highest BCUT2D eigenvalue weighted by Gasteiger charge is 2.61. The molecule has 3 heteroatoms. The number of aliphatic hydroxyl groups is 1. The number of hydrogen-bond acceptors (Lipinski definition) is 3. The number of fused-ring (bicyclic) bond motifs is 5. The Bertz CT molecular complexity index is 553. The van der Waals surface area contributed by atoms with E-state index in [0.717, 1.165) is 32.1 Å². The zero-order valence-electron chi connectivity index (χ0n) is 14.7. The van der Waals surface area contributed by atoms with Gasteiger partial charge in [-0.1, -0.05) is 25.5 Å². The third kappa shape index (κ3) is 2.05. The average Bonchev–Trinajstić information content (AvgIpc) is 2.77. The number of Topliss-reactive ketones (excluding diaryl/α,β-unsaturated/α-hetero) is 1. The predicted molar refractivity (Wildman–Crippen MR) is 88.9 cm³/mol. The molecule has 0 amide bonds. The SMILES string of the molecule is CO[C@H]1C(=O)C[C@H]2[C@@H]3CC=C4C[C@@H](O)CC[C@]4(C)[C@H]3CC[C@]12C. The Balaban J connectivity index is 1.68.